The minimum absolute atomic E-state index is 0.0697. The maximum atomic E-state index is 13.4. The van der Waals surface area contributed by atoms with E-state index in [1.165, 1.54) is 23.4 Å². The molecule has 39 heavy (non-hydrogen) atoms. The van der Waals surface area contributed by atoms with E-state index < -0.39 is 17.3 Å². The number of carbonyl (C=O) groups is 1. The SMILES string of the molecule is COC(=O)CCn1c(=O)nc(Nc2ccc(Oc3ccc(Cl)cn3)cc2)n(Cc2ccc(C(C)C)cc2)c1=O. The summed E-state index contributed by atoms with van der Waals surface area (Å²) in [5.74, 6) is 0.817. The van der Waals surface area contributed by atoms with E-state index in [0.717, 1.165) is 10.1 Å². The zero-order valence-corrected chi connectivity index (χ0v) is 22.5. The van der Waals surface area contributed by atoms with Crippen molar-refractivity contribution in [3.8, 4) is 11.6 Å². The number of halogens is 1. The molecule has 0 spiro atoms. The number of rotatable bonds is 10. The maximum absolute atomic E-state index is 13.4. The first-order valence-corrected chi connectivity index (χ1v) is 12.6. The van der Waals surface area contributed by atoms with Gasteiger partial charge in [0.05, 0.1) is 25.1 Å². The van der Waals surface area contributed by atoms with Crippen LogP contribution in [0.3, 0.4) is 0 Å². The second kappa shape index (κ2) is 12.4. The van der Waals surface area contributed by atoms with Crippen LogP contribution in [0.25, 0.3) is 0 Å². The number of benzene rings is 2. The molecule has 11 heteroatoms. The highest BCUT2D eigenvalue weighted by molar-refractivity contribution is 6.30. The first-order valence-electron chi connectivity index (χ1n) is 12.3. The summed E-state index contributed by atoms with van der Waals surface area (Å²) < 4.78 is 12.7. The smallest absolute Gasteiger partial charge is 0.354 e. The van der Waals surface area contributed by atoms with Crippen LogP contribution < -0.4 is 21.4 Å². The summed E-state index contributed by atoms with van der Waals surface area (Å²) in [4.78, 5) is 46.1. The Bertz CT molecular complexity index is 1550. The van der Waals surface area contributed by atoms with Crippen molar-refractivity contribution in [2.24, 2.45) is 0 Å². The highest BCUT2D eigenvalue weighted by Gasteiger charge is 2.16. The second-order valence-electron chi connectivity index (χ2n) is 9.03. The number of nitrogens with one attached hydrogen (secondary N) is 1. The van der Waals surface area contributed by atoms with Crippen molar-refractivity contribution >= 4 is 29.2 Å². The van der Waals surface area contributed by atoms with Gasteiger partial charge in [0.15, 0.2) is 0 Å². The van der Waals surface area contributed by atoms with Crippen molar-refractivity contribution in [2.45, 2.75) is 39.3 Å². The van der Waals surface area contributed by atoms with E-state index in [2.05, 4.69) is 33.9 Å². The Morgan fingerprint density at radius 3 is 2.33 bits per heavy atom. The van der Waals surface area contributed by atoms with Crippen LogP contribution in [0, 0.1) is 0 Å². The highest BCUT2D eigenvalue weighted by Crippen LogP contribution is 2.24. The monoisotopic (exact) mass is 549 g/mol. The number of esters is 1. The van der Waals surface area contributed by atoms with Crippen LogP contribution in [0.1, 0.15) is 37.3 Å². The highest BCUT2D eigenvalue weighted by atomic mass is 35.5. The molecule has 0 aliphatic heterocycles. The van der Waals surface area contributed by atoms with Crippen molar-refractivity contribution < 1.29 is 14.3 Å². The Kier molecular flexibility index (Phi) is 8.77. The predicted molar refractivity (Wildman–Crippen MR) is 148 cm³/mol. The molecule has 0 atom stereocenters. The number of ether oxygens (including phenoxy) is 2. The fourth-order valence-corrected chi connectivity index (χ4v) is 3.84. The van der Waals surface area contributed by atoms with E-state index in [0.29, 0.717) is 28.3 Å². The molecule has 0 bridgehead atoms. The van der Waals surface area contributed by atoms with Gasteiger partial charge in [0.2, 0.25) is 11.8 Å². The summed E-state index contributed by atoms with van der Waals surface area (Å²) >= 11 is 5.86. The molecule has 0 aliphatic rings. The van der Waals surface area contributed by atoms with Gasteiger partial charge in [-0.15, -0.1) is 0 Å². The van der Waals surface area contributed by atoms with Gasteiger partial charge in [-0.1, -0.05) is 49.7 Å². The fraction of sp³-hybridized carbons (Fsp3) is 0.250. The number of pyridine rings is 1. The summed E-state index contributed by atoms with van der Waals surface area (Å²) in [6.45, 7) is 4.22. The van der Waals surface area contributed by atoms with Gasteiger partial charge in [-0.25, -0.2) is 19.1 Å². The van der Waals surface area contributed by atoms with E-state index in [9.17, 15) is 14.4 Å². The first kappa shape index (κ1) is 27.6. The van der Waals surface area contributed by atoms with Crippen LogP contribution in [-0.4, -0.2) is 32.2 Å². The number of carbonyl (C=O) groups excluding carboxylic acids is 1. The van der Waals surface area contributed by atoms with Gasteiger partial charge in [0, 0.05) is 24.5 Å². The Balaban J connectivity index is 1.63. The topological polar surface area (TPSA) is 117 Å². The molecule has 202 valence electrons. The third-order valence-electron chi connectivity index (χ3n) is 5.94. The van der Waals surface area contributed by atoms with E-state index >= 15 is 0 Å². The third-order valence-corrected chi connectivity index (χ3v) is 6.16. The molecular formula is C28H28ClN5O5. The van der Waals surface area contributed by atoms with Gasteiger partial charge in [0.1, 0.15) is 5.75 Å². The normalized spacial score (nSPS) is 10.9. The zero-order chi connectivity index (χ0) is 27.9. The molecule has 2 heterocycles. The van der Waals surface area contributed by atoms with E-state index in [4.69, 9.17) is 16.3 Å². The van der Waals surface area contributed by atoms with Crippen LogP contribution >= 0.6 is 11.6 Å². The van der Waals surface area contributed by atoms with Crippen LogP contribution in [0.5, 0.6) is 11.6 Å². The van der Waals surface area contributed by atoms with Gasteiger partial charge in [-0.05, 0) is 47.4 Å². The number of aromatic nitrogens is 4. The Morgan fingerprint density at radius 2 is 1.72 bits per heavy atom. The lowest BCUT2D eigenvalue weighted by Gasteiger charge is -2.16. The van der Waals surface area contributed by atoms with Crippen molar-refractivity contribution in [1.82, 2.24) is 19.1 Å². The largest absolute Gasteiger partial charge is 0.469 e. The molecule has 4 aromatic rings. The molecule has 10 nitrogen and oxygen atoms in total. The molecule has 0 amide bonds. The molecule has 1 N–H and O–H groups in total. The number of anilines is 2. The number of methoxy groups -OCH3 is 1. The van der Waals surface area contributed by atoms with Gasteiger partial charge in [-0.3, -0.25) is 9.36 Å². The van der Waals surface area contributed by atoms with Gasteiger partial charge in [-0.2, -0.15) is 4.98 Å². The van der Waals surface area contributed by atoms with E-state index in [1.54, 1.807) is 36.4 Å². The fourth-order valence-electron chi connectivity index (χ4n) is 3.73. The van der Waals surface area contributed by atoms with Gasteiger partial charge < -0.3 is 14.8 Å². The first-order chi connectivity index (χ1) is 18.7. The molecule has 4 rings (SSSR count). The minimum Gasteiger partial charge on any atom is -0.469 e. The molecule has 0 aliphatic carbocycles. The maximum Gasteiger partial charge on any atom is 0.354 e. The van der Waals surface area contributed by atoms with Crippen molar-refractivity contribution in [1.29, 1.82) is 0 Å². The summed E-state index contributed by atoms with van der Waals surface area (Å²) in [6.07, 6.45) is 1.36. The quantitative estimate of drug-likeness (QED) is 0.282. The standard InChI is InChI=1S/C28H28ClN5O5/c1-18(2)20-6-4-19(5-7-20)17-34-26(32-27(36)33(28(34)37)15-14-25(35)38-3)31-22-9-11-23(12-10-22)39-24-13-8-21(29)16-30-24/h4-13,16,18H,14-15,17H2,1-3H3,(H,31,32,36). The summed E-state index contributed by atoms with van der Waals surface area (Å²) in [5, 5.41) is 3.57. The Hall–Kier alpha value is -4.44. The average molecular weight is 550 g/mol. The Morgan fingerprint density at radius 1 is 1.00 bits per heavy atom. The van der Waals surface area contributed by atoms with Crippen molar-refractivity contribution in [3.63, 3.8) is 0 Å². The van der Waals surface area contributed by atoms with Crippen molar-refractivity contribution in [2.75, 3.05) is 12.4 Å². The van der Waals surface area contributed by atoms with Gasteiger partial charge in [0.25, 0.3) is 0 Å². The molecule has 0 saturated heterocycles. The lowest BCUT2D eigenvalue weighted by atomic mass is 10.0. The van der Waals surface area contributed by atoms with Crippen LogP contribution in [-0.2, 0) is 22.6 Å². The zero-order valence-electron chi connectivity index (χ0n) is 21.8. The molecule has 0 unspecified atom stereocenters. The molecule has 0 fully saturated rings. The van der Waals surface area contributed by atoms with Crippen LogP contribution in [0.4, 0.5) is 11.6 Å². The summed E-state index contributed by atoms with van der Waals surface area (Å²) in [5.41, 5.74) is 1.23. The second-order valence-corrected chi connectivity index (χ2v) is 9.46. The lowest BCUT2D eigenvalue weighted by molar-refractivity contribution is -0.140. The molecule has 0 radical (unpaired) electrons. The number of hydrogen-bond acceptors (Lipinski definition) is 8. The molecule has 2 aromatic heterocycles. The Labute approximate surface area is 229 Å². The molecule has 0 saturated carbocycles. The van der Waals surface area contributed by atoms with Crippen molar-refractivity contribution in [3.05, 3.63) is 104 Å². The van der Waals surface area contributed by atoms with Crippen LogP contribution in [0.15, 0.2) is 76.4 Å². The molecule has 2 aromatic carbocycles. The van der Waals surface area contributed by atoms with E-state index in [1.807, 2.05) is 24.3 Å². The summed E-state index contributed by atoms with van der Waals surface area (Å²) in [7, 11) is 1.25. The number of nitrogens with zero attached hydrogens (tertiary/aromatic N) is 4. The predicted octanol–water partition coefficient (Wildman–Crippen LogP) is 4.72. The minimum atomic E-state index is -0.772. The average Bonchev–Trinajstić information content (AvgIpc) is 2.93. The van der Waals surface area contributed by atoms with Gasteiger partial charge >= 0.3 is 17.3 Å². The molecular weight excluding hydrogens is 522 g/mol. The lowest BCUT2D eigenvalue weighted by Crippen LogP contribution is -2.43. The van der Waals surface area contributed by atoms with E-state index in [-0.39, 0.29) is 25.5 Å². The third kappa shape index (κ3) is 7.11. The van der Waals surface area contributed by atoms with Crippen LogP contribution in [0.2, 0.25) is 5.02 Å². The number of hydrogen-bond donors (Lipinski definition) is 1. The summed E-state index contributed by atoms with van der Waals surface area (Å²) in [6, 6.07) is 18.1.